The van der Waals surface area contributed by atoms with E-state index < -0.39 is 0 Å². The van der Waals surface area contributed by atoms with Crippen LogP contribution in [0.25, 0.3) is 16.7 Å². The molecule has 0 aromatic heterocycles. The van der Waals surface area contributed by atoms with Crippen molar-refractivity contribution in [2.75, 3.05) is 0 Å². The molecule has 3 aliphatic rings. The summed E-state index contributed by atoms with van der Waals surface area (Å²) in [6.07, 6.45) is 8.22. The molecule has 0 saturated heterocycles. The summed E-state index contributed by atoms with van der Waals surface area (Å²) in [7, 11) is 0. The normalized spacial score (nSPS) is 19.0. The summed E-state index contributed by atoms with van der Waals surface area (Å²) in [6, 6.07) is 11.5. The third-order valence-corrected chi connectivity index (χ3v) is 6.50. The SMILES string of the molecule is CC1=C(c2cc3c(c4c2CC4)[CH]([Ti+2])c2ccccc2-3)CC=C1.[Cl-].[Cl-]. The summed E-state index contributed by atoms with van der Waals surface area (Å²) >= 11 is 2.38. The monoisotopic (exact) mass is 387 g/mol. The average molecular weight is 388 g/mol. The molecule has 0 radical (unpaired) electrons. The quantitative estimate of drug-likeness (QED) is 0.559. The summed E-state index contributed by atoms with van der Waals surface area (Å²) in [5.74, 6) is 0. The Bertz CT molecular complexity index is 893. The maximum Gasteiger partial charge on any atom is -1.00 e. The van der Waals surface area contributed by atoms with E-state index in [2.05, 4.69) is 69.8 Å². The molecule has 0 spiro atoms. The van der Waals surface area contributed by atoms with Crippen LogP contribution in [0.3, 0.4) is 0 Å². The van der Waals surface area contributed by atoms with Gasteiger partial charge in [0, 0.05) is 0 Å². The summed E-state index contributed by atoms with van der Waals surface area (Å²) in [4.78, 5) is 0. The van der Waals surface area contributed by atoms with E-state index in [0.29, 0.717) is 4.22 Å². The van der Waals surface area contributed by atoms with Crippen molar-refractivity contribution in [3.63, 3.8) is 0 Å². The van der Waals surface area contributed by atoms with E-state index in [1.165, 1.54) is 40.7 Å². The molecule has 2 aromatic carbocycles. The average Bonchev–Trinajstić information content (AvgIpc) is 3.02. The van der Waals surface area contributed by atoms with Gasteiger partial charge in [0.25, 0.3) is 0 Å². The molecule has 0 aliphatic heterocycles. The zero-order chi connectivity index (χ0) is 14.8. The molecule has 0 bridgehead atoms. The Morgan fingerprint density at radius 2 is 1.71 bits per heavy atom. The van der Waals surface area contributed by atoms with E-state index in [0.717, 1.165) is 6.42 Å². The molecule has 0 fully saturated rings. The van der Waals surface area contributed by atoms with Crippen LogP contribution in [0.15, 0.2) is 48.1 Å². The largest absolute Gasteiger partial charge is 1.00 e. The van der Waals surface area contributed by atoms with Crippen molar-refractivity contribution in [3.05, 3.63) is 75.9 Å². The summed E-state index contributed by atoms with van der Waals surface area (Å²) in [6.45, 7) is 2.26. The van der Waals surface area contributed by atoms with Crippen molar-refractivity contribution < 1.29 is 45.2 Å². The molecule has 119 valence electrons. The van der Waals surface area contributed by atoms with E-state index in [-0.39, 0.29) is 24.8 Å². The Kier molecular flexibility index (Phi) is 4.88. The molecule has 5 rings (SSSR count). The number of benzene rings is 2. The van der Waals surface area contributed by atoms with Crippen molar-refractivity contribution in [2.24, 2.45) is 0 Å². The molecular formula is C21H17Cl2Ti. The molecule has 1 atom stereocenters. The fourth-order valence-electron chi connectivity index (χ4n) is 4.35. The Morgan fingerprint density at radius 1 is 0.958 bits per heavy atom. The number of hydrogen-bond acceptors (Lipinski definition) is 0. The van der Waals surface area contributed by atoms with Crippen LogP contribution in [0.5, 0.6) is 0 Å². The van der Waals surface area contributed by atoms with Crippen LogP contribution < -0.4 is 24.8 Å². The van der Waals surface area contributed by atoms with Gasteiger partial charge in [-0.3, -0.25) is 0 Å². The molecule has 3 heteroatoms. The molecular weight excluding hydrogens is 371 g/mol. The summed E-state index contributed by atoms with van der Waals surface area (Å²) in [5.41, 5.74) is 13.9. The second-order valence-corrected chi connectivity index (χ2v) is 7.53. The fraction of sp³-hybridized carbons (Fsp3) is 0.238. The third kappa shape index (κ3) is 2.31. The zero-order valence-corrected chi connectivity index (χ0v) is 16.6. The van der Waals surface area contributed by atoms with E-state index in [1.807, 2.05) is 0 Å². The summed E-state index contributed by atoms with van der Waals surface area (Å²) < 4.78 is 0.561. The van der Waals surface area contributed by atoms with Crippen LogP contribution in [0.4, 0.5) is 0 Å². The van der Waals surface area contributed by atoms with Crippen LogP contribution in [0.2, 0.25) is 0 Å². The molecule has 0 N–H and O–H groups in total. The smallest absolute Gasteiger partial charge is 1.00 e. The van der Waals surface area contributed by atoms with Crippen LogP contribution in [0, 0.1) is 0 Å². The minimum atomic E-state index is 0. The minimum absolute atomic E-state index is 0. The Labute approximate surface area is 167 Å². The van der Waals surface area contributed by atoms with Gasteiger partial charge in [-0.1, -0.05) is 0 Å². The van der Waals surface area contributed by atoms with Gasteiger partial charge in [-0.15, -0.1) is 0 Å². The minimum Gasteiger partial charge on any atom is -1.00 e. The van der Waals surface area contributed by atoms with Gasteiger partial charge < -0.3 is 24.8 Å². The van der Waals surface area contributed by atoms with Gasteiger partial charge in [0.05, 0.1) is 0 Å². The van der Waals surface area contributed by atoms with Gasteiger partial charge >= 0.3 is 143 Å². The van der Waals surface area contributed by atoms with Gasteiger partial charge in [-0.05, 0) is 0 Å². The van der Waals surface area contributed by atoms with Crippen molar-refractivity contribution in [3.8, 4) is 11.1 Å². The number of halogens is 2. The molecule has 3 aliphatic carbocycles. The molecule has 24 heavy (non-hydrogen) atoms. The number of allylic oxidation sites excluding steroid dienone is 4. The third-order valence-electron chi connectivity index (χ3n) is 5.56. The molecule has 1 unspecified atom stereocenters. The van der Waals surface area contributed by atoms with Gasteiger partial charge in [0.2, 0.25) is 0 Å². The molecule has 2 aromatic rings. The predicted molar refractivity (Wildman–Crippen MR) is 87.5 cm³/mol. The van der Waals surface area contributed by atoms with Crippen molar-refractivity contribution >= 4 is 5.57 Å². The fourth-order valence-corrected chi connectivity index (χ4v) is 5.26. The zero-order valence-electron chi connectivity index (χ0n) is 13.5. The maximum atomic E-state index is 2.50. The maximum absolute atomic E-state index is 2.50. The first kappa shape index (κ1) is 18.0. The second kappa shape index (κ2) is 6.50. The second-order valence-electron chi connectivity index (χ2n) is 6.63. The van der Waals surface area contributed by atoms with Crippen LogP contribution >= 0.6 is 0 Å². The van der Waals surface area contributed by atoms with Gasteiger partial charge in [0.15, 0.2) is 0 Å². The number of rotatable bonds is 1. The molecule has 0 heterocycles. The predicted octanol–water partition coefficient (Wildman–Crippen LogP) is -0.857. The van der Waals surface area contributed by atoms with Gasteiger partial charge in [-0.25, -0.2) is 0 Å². The van der Waals surface area contributed by atoms with Crippen molar-refractivity contribution in [1.82, 2.24) is 0 Å². The van der Waals surface area contributed by atoms with Gasteiger partial charge in [-0.2, -0.15) is 0 Å². The standard InChI is InChI=1S/C21H17.2ClH.Ti/c1-13-5-4-8-15(13)20-12-21-16-7-3-2-6-14(16)11-19(21)17-9-10-18(17)20;;;/h2-7,11-12H,8-10H2,1H3;2*1H;/q;;;+2/p-2. The molecule has 0 saturated carbocycles. The van der Waals surface area contributed by atoms with Crippen LogP contribution in [0.1, 0.15) is 45.4 Å². The Balaban J connectivity index is 0.000000845. The topological polar surface area (TPSA) is 0 Å². The number of hydrogen-bond donors (Lipinski definition) is 0. The van der Waals surface area contributed by atoms with E-state index in [9.17, 15) is 0 Å². The first-order valence-electron chi connectivity index (χ1n) is 8.11. The van der Waals surface area contributed by atoms with E-state index in [4.69, 9.17) is 0 Å². The first-order valence-corrected chi connectivity index (χ1v) is 9.01. The Morgan fingerprint density at radius 3 is 2.38 bits per heavy atom. The van der Waals surface area contributed by atoms with Crippen molar-refractivity contribution in [2.45, 2.75) is 30.4 Å². The van der Waals surface area contributed by atoms with E-state index >= 15 is 0 Å². The summed E-state index contributed by atoms with van der Waals surface area (Å²) in [5, 5.41) is 0. The van der Waals surface area contributed by atoms with Crippen LogP contribution in [-0.2, 0) is 33.3 Å². The first-order chi connectivity index (χ1) is 10.8. The molecule has 0 amide bonds. The van der Waals surface area contributed by atoms with E-state index in [1.54, 1.807) is 22.3 Å². The molecule has 0 nitrogen and oxygen atoms in total. The Hall–Kier alpha value is -0.786. The van der Waals surface area contributed by atoms with Crippen LogP contribution in [-0.4, -0.2) is 0 Å². The van der Waals surface area contributed by atoms with Gasteiger partial charge in [0.1, 0.15) is 0 Å². The van der Waals surface area contributed by atoms with Crippen molar-refractivity contribution in [1.29, 1.82) is 0 Å². The number of fused-ring (bicyclic) bond motifs is 5.